The molecule has 0 amide bonds. The first-order valence-corrected chi connectivity index (χ1v) is 7.23. The summed E-state index contributed by atoms with van der Waals surface area (Å²) in [6.07, 6.45) is 0.778. The summed E-state index contributed by atoms with van der Waals surface area (Å²) in [4.78, 5) is 10.7. The standard InChI is InChI=1S/C12H19N3O3S/c1-13-10-4-2-5-11(12(10)15(17)18)14-6-9-19-8-3-7-16/h2,4-5,13-14,16H,3,6-9H2,1H3. The van der Waals surface area contributed by atoms with Gasteiger partial charge in [-0.05, 0) is 24.3 Å². The fourth-order valence-corrected chi connectivity index (χ4v) is 2.39. The van der Waals surface area contributed by atoms with Crippen molar-refractivity contribution in [3.05, 3.63) is 28.3 Å². The van der Waals surface area contributed by atoms with Gasteiger partial charge in [-0.2, -0.15) is 11.8 Å². The van der Waals surface area contributed by atoms with E-state index < -0.39 is 0 Å². The Morgan fingerprint density at radius 3 is 2.74 bits per heavy atom. The average molecular weight is 285 g/mol. The van der Waals surface area contributed by atoms with Crippen molar-refractivity contribution in [2.24, 2.45) is 0 Å². The van der Waals surface area contributed by atoms with Gasteiger partial charge in [-0.15, -0.1) is 0 Å². The van der Waals surface area contributed by atoms with Crippen molar-refractivity contribution in [2.45, 2.75) is 6.42 Å². The lowest BCUT2D eigenvalue weighted by molar-refractivity contribution is -0.383. The minimum Gasteiger partial charge on any atom is -0.396 e. The largest absolute Gasteiger partial charge is 0.396 e. The molecule has 1 aromatic carbocycles. The predicted molar refractivity (Wildman–Crippen MR) is 80.2 cm³/mol. The summed E-state index contributed by atoms with van der Waals surface area (Å²) in [5, 5.41) is 25.6. The van der Waals surface area contributed by atoms with Crippen LogP contribution in [0.2, 0.25) is 0 Å². The highest BCUT2D eigenvalue weighted by molar-refractivity contribution is 7.99. The van der Waals surface area contributed by atoms with Crippen LogP contribution in [-0.2, 0) is 0 Å². The SMILES string of the molecule is CNc1cccc(NCCSCCCO)c1[N+](=O)[O-]. The zero-order valence-electron chi connectivity index (χ0n) is 10.9. The van der Waals surface area contributed by atoms with Crippen molar-refractivity contribution in [3.63, 3.8) is 0 Å². The lowest BCUT2D eigenvalue weighted by atomic mass is 10.2. The van der Waals surface area contributed by atoms with Crippen molar-refractivity contribution in [3.8, 4) is 0 Å². The van der Waals surface area contributed by atoms with E-state index in [1.807, 2.05) is 0 Å². The average Bonchev–Trinajstić information content (AvgIpc) is 2.42. The summed E-state index contributed by atoms with van der Waals surface area (Å²) >= 11 is 1.71. The lowest BCUT2D eigenvalue weighted by Crippen LogP contribution is -2.08. The summed E-state index contributed by atoms with van der Waals surface area (Å²) in [6.45, 7) is 0.861. The number of thioether (sulfide) groups is 1. The summed E-state index contributed by atoms with van der Waals surface area (Å²) in [5.74, 6) is 1.75. The maximum atomic E-state index is 11.1. The fourth-order valence-electron chi connectivity index (χ4n) is 1.61. The molecule has 0 unspecified atom stereocenters. The monoisotopic (exact) mass is 285 g/mol. The topological polar surface area (TPSA) is 87.4 Å². The molecule has 0 fully saturated rings. The third-order valence-corrected chi connectivity index (χ3v) is 3.57. The number of nitrogens with zero attached hydrogens (tertiary/aromatic N) is 1. The number of aliphatic hydroxyl groups is 1. The minimum absolute atomic E-state index is 0.0744. The normalized spacial score (nSPS) is 10.2. The number of nitro benzene ring substituents is 1. The van der Waals surface area contributed by atoms with Crippen LogP contribution >= 0.6 is 11.8 Å². The Balaban J connectivity index is 2.55. The van der Waals surface area contributed by atoms with E-state index in [-0.39, 0.29) is 17.2 Å². The van der Waals surface area contributed by atoms with E-state index in [0.29, 0.717) is 17.9 Å². The molecule has 6 nitrogen and oxygen atoms in total. The molecule has 0 radical (unpaired) electrons. The van der Waals surface area contributed by atoms with Crippen LogP contribution < -0.4 is 10.6 Å². The molecule has 0 bridgehead atoms. The number of anilines is 2. The van der Waals surface area contributed by atoms with Gasteiger partial charge in [-0.25, -0.2) is 0 Å². The number of hydrogen-bond donors (Lipinski definition) is 3. The van der Waals surface area contributed by atoms with Gasteiger partial charge in [0.25, 0.3) is 0 Å². The molecule has 3 N–H and O–H groups in total. The molecule has 0 saturated heterocycles. The highest BCUT2D eigenvalue weighted by Gasteiger charge is 2.18. The van der Waals surface area contributed by atoms with Gasteiger partial charge in [0.2, 0.25) is 0 Å². The van der Waals surface area contributed by atoms with Gasteiger partial charge in [0.15, 0.2) is 0 Å². The Morgan fingerprint density at radius 2 is 2.11 bits per heavy atom. The van der Waals surface area contributed by atoms with Crippen LogP contribution in [-0.4, -0.2) is 41.7 Å². The first-order chi connectivity index (χ1) is 9.20. The van der Waals surface area contributed by atoms with Gasteiger partial charge < -0.3 is 15.7 Å². The third-order valence-electron chi connectivity index (χ3n) is 2.50. The number of aliphatic hydroxyl groups excluding tert-OH is 1. The van der Waals surface area contributed by atoms with Gasteiger partial charge in [-0.1, -0.05) is 6.07 Å². The van der Waals surface area contributed by atoms with Crippen LogP contribution in [0.5, 0.6) is 0 Å². The minimum atomic E-state index is -0.382. The molecule has 0 aliphatic carbocycles. The Morgan fingerprint density at radius 1 is 1.37 bits per heavy atom. The van der Waals surface area contributed by atoms with Crippen LogP contribution in [0, 0.1) is 10.1 Å². The van der Waals surface area contributed by atoms with E-state index in [0.717, 1.165) is 17.9 Å². The van der Waals surface area contributed by atoms with E-state index in [4.69, 9.17) is 5.11 Å². The molecule has 106 valence electrons. The number of nitro groups is 1. The third kappa shape index (κ3) is 4.96. The molecule has 0 aliphatic heterocycles. The molecule has 0 atom stereocenters. The second-order valence-electron chi connectivity index (χ2n) is 3.83. The molecule has 0 aliphatic rings. The maximum Gasteiger partial charge on any atom is 0.315 e. The molecule has 1 aromatic rings. The van der Waals surface area contributed by atoms with Crippen molar-refractivity contribution < 1.29 is 10.0 Å². The van der Waals surface area contributed by atoms with Gasteiger partial charge in [0.05, 0.1) is 4.92 Å². The van der Waals surface area contributed by atoms with E-state index in [9.17, 15) is 10.1 Å². The number of para-hydroxylation sites is 1. The van der Waals surface area contributed by atoms with Crippen LogP contribution in [0.1, 0.15) is 6.42 Å². The molecule has 1 rings (SSSR count). The quantitative estimate of drug-likeness (QED) is 0.366. The van der Waals surface area contributed by atoms with Crippen molar-refractivity contribution in [2.75, 3.05) is 42.3 Å². The Labute approximate surface area is 116 Å². The van der Waals surface area contributed by atoms with Gasteiger partial charge >= 0.3 is 5.69 Å². The second-order valence-corrected chi connectivity index (χ2v) is 5.05. The summed E-state index contributed by atoms with van der Waals surface area (Å²) < 4.78 is 0. The molecule has 19 heavy (non-hydrogen) atoms. The van der Waals surface area contributed by atoms with Crippen LogP contribution in [0.25, 0.3) is 0 Å². The Kier molecular flexibility index (Phi) is 7.06. The van der Waals surface area contributed by atoms with Gasteiger partial charge in [0, 0.05) is 26.0 Å². The molecule has 0 saturated carbocycles. The number of benzene rings is 1. The number of nitrogens with one attached hydrogen (secondary N) is 2. The zero-order valence-corrected chi connectivity index (χ0v) is 11.7. The van der Waals surface area contributed by atoms with E-state index in [2.05, 4.69) is 10.6 Å². The first-order valence-electron chi connectivity index (χ1n) is 6.08. The van der Waals surface area contributed by atoms with E-state index in [1.54, 1.807) is 37.0 Å². The van der Waals surface area contributed by atoms with Crippen LogP contribution in [0.3, 0.4) is 0 Å². The number of hydrogen-bond acceptors (Lipinski definition) is 6. The Bertz CT molecular complexity index is 415. The van der Waals surface area contributed by atoms with Crippen LogP contribution in [0.4, 0.5) is 17.1 Å². The first kappa shape index (κ1) is 15.6. The number of rotatable bonds is 9. The fraction of sp³-hybridized carbons (Fsp3) is 0.500. The summed E-state index contributed by atoms with van der Waals surface area (Å²) in [5.41, 5.74) is 1.10. The summed E-state index contributed by atoms with van der Waals surface area (Å²) in [7, 11) is 1.66. The van der Waals surface area contributed by atoms with E-state index >= 15 is 0 Å². The molecular weight excluding hydrogens is 266 g/mol. The van der Waals surface area contributed by atoms with Gasteiger partial charge in [-0.3, -0.25) is 10.1 Å². The summed E-state index contributed by atoms with van der Waals surface area (Å²) in [6, 6.07) is 5.16. The molecule has 0 aromatic heterocycles. The molecule has 0 heterocycles. The second kappa shape index (κ2) is 8.60. The molecule has 7 heteroatoms. The molecular formula is C12H19N3O3S. The Hall–Kier alpha value is -1.47. The van der Waals surface area contributed by atoms with Crippen LogP contribution in [0.15, 0.2) is 18.2 Å². The molecule has 0 spiro atoms. The highest BCUT2D eigenvalue weighted by Crippen LogP contribution is 2.32. The zero-order chi connectivity index (χ0) is 14.1. The van der Waals surface area contributed by atoms with Crippen molar-refractivity contribution in [1.82, 2.24) is 0 Å². The maximum absolute atomic E-state index is 11.1. The van der Waals surface area contributed by atoms with Crippen molar-refractivity contribution in [1.29, 1.82) is 0 Å². The van der Waals surface area contributed by atoms with E-state index in [1.165, 1.54) is 0 Å². The van der Waals surface area contributed by atoms with Crippen molar-refractivity contribution >= 4 is 28.8 Å². The predicted octanol–water partition coefficient (Wildman–Crippen LogP) is 2.16. The van der Waals surface area contributed by atoms with Gasteiger partial charge in [0.1, 0.15) is 11.4 Å². The highest BCUT2D eigenvalue weighted by atomic mass is 32.2. The smallest absolute Gasteiger partial charge is 0.315 e. The lowest BCUT2D eigenvalue weighted by Gasteiger charge is -2.09.